The molecule has 2 atom stereocenters. The van der Waals surface area contributed by atoms with Crippen molar-refractivity contribution in [3.05, 3.63) is 23.6 Å². The number of carbonyl (C=O) groups is 1. The molecular weight excluding hydrogens is 261 g/mol. The maximum atomic E-state index is 13.6. The largest absolute Gasteiger partial charge is 0.479 e. The molecule has 1 amide bonds. The summed E-state index contributed by atoms with van der Waals surface area (Å²) in [6.07, 6.45) is 2.43. The molecule has 0 aromatic carbocycles. The highest BCUT2D eigenvalue weighted by Crippen LogP contribution is 2.33. The molecule has 0 N–H and O–H groups in total. The van der Waals surface area contributed by atoms with Gasteiger partial charge in [-0.05, 0) is 19.0 Å². The number of aromatic nitrogens is 1. The molecule has 2 unspecified atom stereocenters. The highest BCUT2D eigenvalue weighted by atomic mass is 19.1. The summed E-state index contributed by atoms with van der Waals surface area (Å²) in [5, 5.41) is 0. The Balaban J connectivity index is 1.76. The van der Waals surface area contributed by atoms with Crippen LogP contribution >= 0.6 is 0 Å². The minimum atomic E-state index is -0.598. The van der Waals surface area contributed by atoms with Gasteiger partial charge in [0.25, 0.3) is 5.91 Å². The van der Waals surface area contributed by atoms with Crippen molar-refractivity contribution < 1.29 is 13.9 Å². The van der Waals surface area contributed by atoms with Crippen LogP contribution in [0.2, 0.25) is 0 Å². The second-order valence-corrected chi connectivity index (χ2v) is 5.32. The van der Waals surface area contributed by atoms with E-state index in [-0.39, 0.29) is 23.9 Å². The predicted octanol–water partition coefficient (Wildman–Crippen LogP) is 1.15. The van der Waals surface area contributed by atoms with E-state index in [2.05, 4.69) is 16.8 Å². The number of piperazine rings is 1. The van der Waals surface area contributed by atoms with Gasteiger partial charge in [-0.3, -0.25) is 9.69 Å². The maximum Gasteiger partial charge on any atom is 0.256 e. The number of methoxy groups -OCH3 is 1. The lowest BCUT2D eigenvalue weighted by Crippen LogP contribution is -2.70. The molecule has 20 heavy (non-hydrogen) atoms. The molecular formula is C14H18FN3O2. The van der Waals surface area contributed by atoms with Crippen molar-refractivity contribution >= 4 is 5.91 Å². The summed E-state index contributed by atoms with van der Waals surface area (Å²) in [4.78, 5) is 20.5. The molecule has 3 fully saturated rings. The second-order valence-electron chi connectivity index (χ2n) is 5.32. The fourth-order valence-electron chi connectivity index (χ4n) is 3.13. The lowest BCUT2D eigenvalue weighted by molar-refractivity contribution is -0.0459. The zero-order valence-electron chi connectivity index (χ0n) is 11.7. The monoisotopic (exact) mass is 279 g/mol. The summed E-state index contributed by atoms with van der Waals surface area (Å²) >= 11 is 0. The first-order chi connectivity index (χ1) is 9.63. The van der Waals surface area contributed by atoms with Crippen molar-refractivity contribution in [1.82, 2.24) is 14.8 Å². The quantitative estimate of drug-likeness (QED) is 0.832. The van der Waals surface area contributed by atoms with Crippen LogP contribution < -0.4 is 4.74 Å². The van der Waals surface area contributed by atoms with Crippen LogP contribution in [0.15, 0.2) is 12.3 Å². The van der Waals surface area contributed by atoms with Crippen molar-refractivity contribution in [2.45, 2.75) is 25.4 Å². The number of carbonyl (C=O) groups excluding carboxylic acids is 1. The van der Waals surface area contributed by atoms with Crippen molar-refractivity contribution in [2.24, 2.45) is 0 Å². The number of amides is 1. The number of fused-ring (bicyclic) bond motifs is 2. The molecule has 1 aromatic heterocycles. The second kappa shape index (κ2) is 5.01. The van der Waals surface area contributed by atoms with Gasteiger partial charge >= 0.3 is 0 Å². The van der Waals surface area contributed by atoms with Crippen LogP contribution in [0.25, 0.3) is 0 Å². The van der Waals surface area contributed by atoms with Crippen LogP contribution in [0.1, 0.15) is 23.7 Å². The minimum Gasteiger partial charge on any atom is -0.479 e. The molecule has 0 radical (unpaired) electrons. The first-order valence-corrected chi connectivity index (χ1v) is 6.88. The molecule has 0 aliphatic carbocycles. The SMILES string of the molecule is CCN1CC2CC(C1)N2C(=O)c1cnc(OC)c(F)c1. The number of pyridine rings is 1. The Labute approximate surface area is 117 Å². The smallest absolute Gasteiger partial charge is 0.256 e. The topological polar surface area (TPSA) is 45.7 Å². The molecule has 0 saturated carbocycles. The summed E-state index contributed by atoms with van der Waals surface area (Å²) in [6.45, 7) is 4.95. The van der Waals surface area contributed by atoms with Gasteiger partial charge in [0.15, 0.2) is 5.82 Å². The summed E-state index contributed by atoms with van der Waals surface area (Å²) < 4.78 is 18.4. The summed E-state index contributed by atoms with van der Waals surface area (Å²) in [7, 11) is 1.35. The normalized spacial score (nSPS) is 25.2. The third-order valence-electron chi connectivity index (χ3n) is 4.20. The summed E-state index contributed by atoms with van der Waals surface area (Å²) in [5.41, 5.74) is 0.294. The number of rotatable bonds is 3. The number of halogens is 1. The predicted molar refractivity (Wildman–Crippen MR) is 71.2 cm³/mol. The van der Waals surface area contributed by atoms with Gasteiger partial charge in [-0.15, -0.1) is 0 Å². The van der Waals surface area contributed by atoms with Gasteiger partial charge in [0.1, 0.15) is 0 Å². The fraction of sp³-hybridized carbons (Fsp3) is 0.571. The Bertz CT molecular complexity index is 525. The zero-order valence-corrected chi connectivity index (χ0v) is 11.7. The maximum absolute atomic E-state index is 13.6. The highest BCUT2D eigenvalue weighted by molar-refractivity contribution is 5.95. The van der Waals surface area contributed by atoms with Crippen molar-refractivity contribution in [1.29, 1.82) is 0 Å². The average Bonchev–Trinajstić information content (AvgIpc) is 2.47. The van der Waals surface area contributed by atoms with Crippen LogP contribution in [0.5, 0.6) is 5.88 Å². The first kappa shape index (κ1) is 13.3. The Kier molecular flexibility index (Phi) is 3.33. The molecule has 5 nitrogen and oxygen atoms in total. The molecule has 1 aromatic rings. The Morgan fingerprint density at radius 3 is 2.75 bits per heavy atom. The van der Waals surface area contributed by atoms with Crippen LogP contribution in [0.3, 0.4) is 0 Å². The van der Waals surface area contributed by atoms with E-state index in [4.69, 9.17) is 4.74 Å². The number of nitrogens with zero attached hydrogens (tertiary/aromatic N) is 3. The molecule has 0 spiro atoms. The minimum absolute atomic E-state index is 0.0810. The lowest BCUT2D eigenvalue weighted by atomic mass is 9.86. The third kappa shape index (κ3) is 2.04. The van der Waals surface area contributed by atoms with E-state index in [0.717, 1.165) is 26.1 Å². The van der Waals surface area contributed by atoms with E-state index < -0.39 is 5.82 Å². The van der Waals surface area contributed by atoms with E-state index in [1.165, 1.54) is 19.4 Å². The van der Waals surface area contributed by atoms with Crippen LogP contribution in [-0.2, 0) is 0 Å². The van der Waals surface area contributed by atoms with Gasteiger partial charge in [0, 0.05) is 31.4 Å². The zero-order chi connectivity index (χ0) is 14.3. The van der Waals surface area contributed by atoms with Gasteiger partial charge < -0.3 is 9.64 Å². The van der Waals surface area contributed by atoms with E-state index >= 15 is 0 Å². The van der Waals surface area contributed by atoms with Gasteiger partial charge in [-0.1, -0.05) is 6.92 Å². The first-order valence-electron chi connectivity index (χ1n) is 6.88. The van der Waals surface area contributed by atoms with E-state index in [9.17, 15) is 9.18 Å². The lowest BCUT2D eigenvalue weighted by Gasteiger charge is -2.56. The van der Waals surface area contributed by atoms with Gasteiger partial charge in [-0.25, -0.2) is 9.37 Å². The Morgan fingerprint density at radius 2 is 2.20 bits per heavy atom. The average molecular weight is 279 g/mol. The van der Waals surface area contributed by atoms with Crippen LogP contribution in [0.4, 0.5) is 4.39 Å². The number of hydrogen-bond acceptors (Lipinski definition) is 4. The third-order valence-corrected chi connectivity index (χ3v) is 4.20. The molecule has 3 aliphatic heterocycles. The molecule has 2 bridgehead atoms. The van der Waals surface area contributed by atoms with E-state index in [0.29, 0.717) is 5.56 Å². The van der Waals surface area contributed by atoms with Gasteiger partial charge in [0.05, 0.1) is 12.7 Å². The number of hydrogen-bond donors (Lipinski definition) is 0. The van der Waals surface area contributed by atoms with Crippen molar-refractivity contribution in [3.63, 3.8) is 0 Å². The van der Waals surface area contributed by atoms with E-state index in [1.807, 2.05) is 4.90 Å². The summed E-state index contributed by atoms with van der Waals surface area (Å²) in [6, 6.07) is 1.72. The number of ether oxygens (including phenoxy) is 1. The molecule has 3 aliphatic rings. The van der Waals surface area contributed by atoms with E-state index in [1.54, 1.807) is 0 Å². The molecule has 4 heterocycles. The Hall–Kier alpha value is -1.69. The number of likely N-dealkylation sites (N-methyl/N-ethyl adjacent to an activating group) is 1. The van der Waals surface area contributed by atoms with Gasteiger partial charge in [-0.2, -0.15) is 0 Å². The Morgan fingerprint density at radius 1 is 1.50 bits per heavy atom. The number of piperidine rings is 1. The highest BCUT2D eigenvalue weighted by Gasteiger charge is 2.46. The van der Waals surface area contributed by atoms with Crippen LogP contribution in [0, 0.1) is 5.82 Å². The molecule has 108 valence electrons. The summed E-state index contributed by atoms with van der Waals surface area (Å²) in [5.74, 6) is -0.808. The van der Waals surface area contributed by atoms with Crippen LogP contribution in [-0.4, -0.2) is 59.5 Å². The standard InChI is InChI=1S/C14H18FN3O2/c1-3-17-7-10-5-11(8-17)18(10)14(19)9-4-12(15)13(20-2)16-6-9/h4,6,10-11H,3,5,7-8H2,1-2H3. The molecule has 4 rings (SSSR count). The van der Waals surface area contributed by atoms with Gasteiger partial charge in [0.2, 0.25) is 5.88 Å². The molecule has 3 saturated heterocycles. The molecule has 6 heteroatoms. The fourth-order valence-corrected chi connectivity index (χ4v) is 3.13. The van der Waals surface area contributed by atoms with Crippen molar-refractivity contribution in [2.75, 3.05) is 26.7 Å². The van der Waals surface area contributed by atoms with Crippen molar-refractivity contribution in [3.8, 4) is 5.88 Å².